The minimum Gasteiger partial charge on any atom is -0.495 e. The molecule has 1 fully saturated rings. The fourth-order valence-electron chi connectivity index (χ4n) is 3.15. The molecule has 1 saturated heterocycles. The van der Waals surface area contributed by atoms with Crippen LogP contribution in [0.15, 0.2) is 30.6 Å². The van der Waals surface area contributed by atoms with Gasteiger partial charge in [-0.3, -0.25) is 0 Å². The van der Waals surface area contributed by atoms with Crippen LogP contribution in [0, 0.1) is 5.82 Å². The summed E-state index contributed by atoms with van der Waals surface area (Å²) in [5.74, 6) is 0.958. The molecule has 25 heavy (non-hydrogen) atoms. The van der Waals surface area contributed by atoms with Gasteiger partial charge in [-0.05, 0) is 12.1 Å². The Morgan fingerprint density at radius 3 is 2.28 bits per heavy atom. The lowest BCUT2D eigenvalue weighted by molar-refractivity contribution is 0.413. The quantitative estimate of drug-likeness (QED) is 0.855. The van der Waals surface area contributed by atoms with E-state index in [-0.39, 0.29) is 11.2 Å². The minimum atomic E-state index is -0.346. The number of aromatic nitrogens is 2. The van der Waals surface area contributed by atoms with E-state index < -0.39 is 0 Å². The van der Waals surface area contributed by atoms with Crippen LogP contribution in [0.2, 0.25) is 0 Å². The standard InChI is InChI=1S/C19H25FN4O/c1-19(2,3)17-16(20)18(22-13-21-17)24-11-9-23(10-12-24)14-7-5-6-8-15(14)25-4/h5-8,13H,9-12H2,1-4H3. The second-order valence-corrected chi connectivity index (χ2v) is 7.26. The summed E-state index contributed by atoms with van der Waals surface area (Å²) in [6.45, 7) is 8.86. The number of piperazine rings is 1. The Morgan fingerprint density at radius 2 is 1.64 bits per heavy atom. The zero-order valence-electron chi connectivity index (χ0n) is 15.3. The molecule has 6 heteroatoms. The highest BCUT2D eigenvalue weighted by Gasteiger charge is 2.27. The topological polar surface area (TPSA) is 41.5 Å². The molecule has 1 aliphatic rings. The molecule has 0 aliphatic carbocycles. The van der Waals surface area contributed by atoms with Gasteiger partial charge in [0, 0.05) is 31.6 Å². The third-order valence-electron chi connectivity index (χ3n) is 4.49. The number of methoxy groups -OCH3 is 1. The molecule has 0 radical (unpaired) electrons. The summed E-state index contributed by atoms with van der Waals surface area (Å²) in [7, 11) is 1.68. The lowest BCUT2D eigenvalue weighted by Crippen LogP contribution is -2.47. The van der Waals surface area contributed by atoms with Gasteiger partial charge < -0.3 is 14.5 Å². The van der Waals surface area contributed by atoms with Gasteiger partial charge in [0.05, 0.1) is 18.5 Å². The molecule has 2 heterocycles. The Labute approximate surface area is 148 Å². The Hall–Kier alpha value is -2.37. The van der Waals surface area contributed by atoms with Gasteiger partial charge in [-0.15, -0.1) is 0 Å². The lowest BCUT2D eigenvalue weighted by Gasteiger charge is -2.37. The van der Waals surface area contributed by atoms with Crippen LogP contribution in [-0.2, 0) is 5.41 Å². The Bertz CT molecular complexity index is 736. The van der Waals surface area contributed by atoms with E-state index in [9.17, 15) is 4.39 Å². The zero-order valence-corrected chi connectivity index (χ0v) is 15.3. The van der Waals surface area contributed by atoms with Crippen molar-refractivity contribution in [2.75, 3.05) is 43.1 Å². The number of halogens is 1. The van der Waals surface area contributed by atoms with Gasteiger partial charge in [-0.2, -0.15) is 0 Å². The average molecular weight is 344 g/mol. The van der Waals surface area contributed by atoms with Gasteiger partial charge in [-0.25, -0.2) is 14.4 Å². The van der Waals surface area contributed by atoms with Crippen LogP contribution in [0.4, 0.5) is 15.9 Å². The molecule has 0 spiro atoms. The minimum absolute atomic E-state index is 0.305. The van der Waals surface area contributed by atoms with Crippen LogP contribution in [0.25, 0.3) is 0 Å². The van der Waals surface area contributed by atoms with E-state index in [0.717, 1.165) is 24.5 Å². The number of nitrogens with zero attached hydrogens (tertiary/aromatic N) is 4. The van der Waals surface area contributed by atoms with Crippen LogP contribution in [-0.4, -0.2) is 43.3 Å². The molecule has 2 aromatic rings. The molecular formula is C19H25FN4O. The molecule has 1 aliphatic heterocycles. The van der Waals surface area contributed by atoms with Crippen molar-refractivity contribution in [1.82, 2.24) is 9.97 Å². The first-order chi connectivity index (χ1) is 11.9. The average Bonchev–Trinajstić information content (AvgIpc) is 2.61. The normalized spacial score (nSPS) is 15.4. The molecule has 3 rings (SSSR count). The van der Waals surface area contributed by atoms with Gasteiger partial charge in [0.2, 0.25) is 0 Å². The Balaban J connectivity index is 1.77. The van der Waals surface area contributed by atoms with Crippen molar-refractivity contribution in [2.45, 2.75) is 26.2 Å². The summed E-state index contributed by atoms with van der Waals surface area (Å²) in [5, 5.41) is 0. The van der Waals surface area contributed by atoms with E-state index >= 15 is 0 Å². The number of benzene rings is 1. The maximum absolute atomic E-state index is 14.9. The van der Waals surface area contributed by atoms with Crippen molar-refractivity contribution in [3.63, 3.8) is 0 Å². The Morgan fingerprint density at radius 1 is 1.00 bits per heavy atom. The molecule has 134 valence electrons. The van der Waals surface area contributed by atoms with E-state index in [4.69, 9.17) is 4.74 Å². The maximum atomic E-state index is 14.9. The molecule has 0 unspecified atom stereocenters. The maximum Gasteiger partial charge on any atom is 0.187 e. The van der Waals surface area contributed by atoms with Crippen molar-refractivity contribution >= 4 is 11.5 Å². The largest absolute Gasteiger partial charge is 0.495 e. The highest BCUT2D eigenvalue weighted by molar-refractivity contribution is 5.59. The third-order valence-corrected chi connectivity index (χ3v) is 4.49. The Kier molecular flexibility index (Phi) is 4.79. The fraction of sp³-hybridized carbons (Fsp3) is 0.474. The summed E-state index contributed by atoms with van der Waals surface area (Å²) in [6.07, 6.45) is 1.46. The number of hydrogen-bond donors (Lipinski definition) is 0. The highest BCUT2D eigenvalue weighted by atomic mass is 19.1. The lowest BCUT2D eigenvalue weighted by atomic mass is 9.91. The molecule has 0 bridgehead atoms. The van der Waals surface area contributed by atoms with Crippen LogP contribution >= 0.6 is 0 Å². The summed E-state index contributed by atoms with van der Waals surface area (Å²) in [6, 6.07) is 7.98. The first-order valence-electron chi connectivity index (χ1n) is 8.55. The van der Waals surface area contributed by atoms with E-state index in [2.05, 4.69) is 20.9 Å². The zero-order chi connectivity index (χ0) is 18.0. The molecule has 0 amide bonds. The predicted molar refractivity (Wildman–Crippen MR) is 98.1 cm³/mol. The van der Waals surface area contributed by atoms with Crippen LogP contribution in [0.5, 0.6) is 5.75 Å². The molecule has 1 aromatic carbocycles. The smallest absolute Gasteiger partial charge is 0.187 e. The van der Waals surface area contributed by atoms with Gasteiger partial charge in [0.1, 0.15) is 12.1 Å². The number of para-hydroxylation sites is 2. The summed E-state index contributed by atoms with van der Waals surface area (Å²) < 4.78 is 20.3. The van der Waals surface area contributed by atoms with Gasteiger partial charge in [0.15, 0.2) is 11.6 Å². The summed E-state index contributed by atoms with van der Waals surface area (Å²) >= 11 is 0. The number of rotatable bonds is 3. The van der Waals surface area contributed by atoms with E-state index in [0.29, 0.717) is 24.6 Å². The predicted octanol–water partition coefficient (Wildman–Crippen LogP) is 3.25. The number of anilines is 2. The third kappa shape index (κ3) is 3.52. The highest BCUT2D eigenvalue weighted by Crippen LogP contribution is 2.31. The monoisotopic (exact) mass is 344 g/mol. The van der Waals surface area contributed by atoms with Crippen LogP contribution in [0.1, 0.15) is 26.5 Å². The molecule has 0 N–H and O–H groups in total. The van der Waals surface area contributed by atoms with E-state index in [1.165, 1.54) is 6.33 Å². The first kappa shape index (κ1) is 17.5. The van der Waals surface area contributed by atoms with Gasteiger partial charge in [-0.1, -0.05) is 32.9 Å². The van der Waals surface area contributed by atoms with Crippen molar-refractivity contribution < 1.29 is 9.13 Å². The summed E-state index contributed by atoms with van der Waals surface area (Å²) in [4.78, 5) is 12.6. The first-order valence-corrected chi connectivity index (χ1v) is 8.55. The fourth-order valence-corrected chi connectivity index (χ4v) is 3.15. The summed E-state index contributed by atoms with van der Waals surface area (Å²) in [5.41, 5.74) is 1.19. The second-order valence-electron chi connectivity index (χ2n) is 7.26. The molecule has 0 saturated carbocycles. The van der Waals surface area contributed by atoms with Gasteiger partial charge in [0.25, 0.3) is 0 Å². The molecule has 1 aromatic heterocycles. The molecular weight excluding hydrogens is 319 g/mol. The van der Waals surface area contributed by atoms with Crippen LogP contribution < -0.4 is 14.5 Å². The number of hydrogen-bond acceptors (Lipinski definition) is 5. The van der Waals surface area contributed by atoms with Crippen LogP contribution in [0.3, 0.4) is 0 Å². The molecule has 0 atom stereocenters. The number of ether oxygens (including phenoxy) is 1. The SMILES string of the molecule is COc1ccccc1N1CCN(c2ncnc(C(C)(C)C)c2F)CC1. The van der Waals surface area contributed by atoms with E-state index in [1.807, 2.05) is 43.9 Å². The van der Waals surface area contributed by atoms with Gasteiger partial charge >= 0.3 is 0 Å². The van der Waals surface area contributed by atoms with Crippen molar-refractivity contribution in [1.29, 1.82) is 0 Å². The second kappa shape index (κ2) is 6.86. The van der Waals surface area contributed by atoms with E-state index in [1.54, 1.807) is 7.11 Å². The van der Waals surface area contributed by atoms with Crippen molar-refractivity contribution in [3.05, 3.63) is 42.1 Å². The molecule has 5 nitrogen and oxygen atoms in total. The van der Waals surface area contributed by atoms with Crippen molar-refractivity contribution in [2.24, 2.45) is 0 Å². The van der Waals surface area contributed by atoms with Crippen molar-refractivity contribution in [3.8, 4) is 5.75 Å².